The van der Waals surface area contributed by atoms with E-state index in [0.717, 1.165) is 25.8 Å². The molecule has 6 heteroatoms. The minimum Gasteiger partial charge on any atom is -0.312 e. The van der Waals surface area contributed by atoms with E-state index in [1.54, 1.807) is 7.05 Å². The van der Waals surface area contributed by atoms with E-state index in [0.29, 0.717) is 12.1 Å². The van der Waals surface area contributed by atoms with Gasteiger partial charge in [-0.3, -0.25) is 13.9 Å². The normalized spacial score (nSPS) is 19.0. The zero-order valence-electron chi connectivity index (χ0n) is 11.9. The van der Waals surface area contributed by atoms with Gasteiger partial charge in [-0.15, -0.1) is 0 Å². The van der Waals surface area contributed by atoms with E-state index in [1.165, 1.54) is 27.3 Å². The first-order chi connectivity index (χ1) is 10.1. The fraction of sp³-hybridized carbons (Fsp3) is 0.467. The minimum absolute atomic E-state index is 0.121. The van der Waals surface area contributed by atoms with Gasteiger partial charge in [0, 0.05) is 19.6 Å². The van der Waals surface area contributed by atoms with E-state index in [-0.39, 0.29) is 17.1 Å². The van der Waals surface area contributed by atoms with Crippen LogP contribution in [-0.2, 0) is 13.6 Å². The van der Waals surface area contributed by atoms with E-state index in [9.17, 15) is 14.0 Å². The second kappa shape index (κ2) is 5.44. The molecular formula is C15H18FN3O2. The van der Waals surface area contributed by atoms with Crippen LogP contribution in [0.25, 0.3) is 10.9 Å². The standard InChI is InChI=1S/C15H18FN3O2/c1-18-13-6-5-10(16)8-12(13)14(20)19(15(18)21)9-11-4-2-3-7-17-11/h5-6,8,11,17H,2-4,7,9H2,1H3. The molecule has 1 atom stereocenters. The lowest BCUT2D eigenvalue weighted by molar-refractivity contribution is 0.353. The van der Waals surface area contributed by atoms with E-state index >= 15 is 0 Å². The number of aryl methyl sites for hydroxylation is 1. The van der Waals surface area contributed by atoms with Crippen LogP contribution in [0, 0.1) is 5.82 Å². The third-order valence-corrected chi connectivity index (χ3v) is 4.13. The Morgan fingerprint density at radius 1 is 1.33 bits per heavy atom. The number of hydrogen-bond donors (Lipinski definition) is 1. The first kappa shape index (κ1) is 14.0. The number of piperidine rings is 1. The van der Waals surface area contributed by atoms with E-state index < -0.39 is 11.4 Å². The third-order valence-electron chi connectivity index (χ3n) is 4.13. The van der Waals surface area contributed by atoms with Crippen LogP contribution in [0.4, 0.5) is 4.39 Å². The molecular weight excluding hydrogens is 273 g/mol. The molecule has 1 unspecified atom stereocenters. The fourth-order valence-corrected chi connectivity index (χ4v) is 2.95. The first-order valence-corrected chi connectivity index (χ1v) is 7.20. The van der Waals surface area contributed by atoms with Crippen molar-refractivity contribution in [2.45, 2.75) is 31.8 Å². The van der Waals surface area contributed by atoms with Gasteiger partial charge in [0.05, 0.1) is 10.9 Å². The quantitative estimate of drug-likeness (QED) is 0.897. The highest BCUT2D eigenvalue weighted by Crippen LogP contribution is 2.11. The summed E-state index contributed by atoms with van der Waals surface area (Å²) in [7, 11) is 1.60. The van der Waals surface area contributed by atoms with Gasteiger partial charge in [0.1, 0.15) is 5.82 Å². The molecule has 0 aliphatic carbocycles. The summed E-state index contributed by atoms with van der Waals surface area (Å²) in [5.74, 6) is -0.472. The molecule has 0 radical (unpaired) electrons. The van der Waals surface area contributed by atoms with Crippen molar-refractivity contribution in [1.82, 2.24) is 14.5 Å². The highest BCUT2D eigenvalue weighted by atomic mass is 19.1. The van der Waals surface area contributed by atoms with Gasteiger partial charge < -0.3 is 5.32 Å². The second-order valence-electron chi connectivity index (χ2n) is 5.57. The second-order valence-corrected chi connectivity index (χ2v) is 5.57. The molecule has 1 aromatic carbocycles. The summed E-state index contributed by atoms with van der Waals surface area (Å²) in [5.41, 5.74) is -0.314. The van der Waals surface area contributed by atoms with Crippen LogP contribution >= 0.6 is 0 Å². The predicted octanol–water partition coefficient (Wildman–Crippen LogP) is 0.981. The fourth-order valence-electron chi connectivity index (χ4n) is 2.95. The van der Waals surface area contributed by atoms with Crippen LogP contribution in [0.5, 0.6) is 0 Å². The molecule has 1 aliphatic rings. The maximum atomic E-state index is 13.4. The zero-order valence-corrected chi connectivity index (χ0v) is 11.9. The molecule has 1 aliphatic heterocycles. The van der Waals surface area contributed by atoms with Crippen molar-refractivity contribution in [2.24, 2.45) is 7.05 Å². The number of benzene rings is 1. The van der Waals surface area contributed by atoms with Gasteiger partial charge >= 0.3 is 5.69 Å². The third kappa shape index (κ3) is 2.51. The van der Waals surface area contributed by atoms with E-state index in [2.05, 4.69) is 5.32 Å². The molecule has 0 saturated carbocycles. The Morgan fingerprint density at radius 3 is 2.86 bits per heavy atom. The van der Waals surface area contributed by atoms with Crippen molar-refractivity contribution >= 4 is 10.9 Å². The van der Waals surface area contributed by atoms with Crippen molar-refractivity contribution in [3.63, 3.8) is 0 Å². The van der Waals surface area contributed by atoms with Gasteiger partial charge in [-0.1, -0.05) is 6.42 Å². The van der Waals surface area contributed by atoms with Crippen LogP contribution in [0.1, 0.15) is 19.3 Å². The smallest absolute Gasteiger partial charge is 0.312 e. The highest BCUT2D eigenvalue weighted by Gasteiger charge is 2.17. The Balaban J connectivity index is 2.13. The average Bonchev–Trinajstić information content (AvgIpc) is 2.50. The topological polar surface area (TPSA) is 56.0 Å². The monoisotopic (exact) mass is 291 g/mol. The van der Waals surface area contributed by atoms with Gasteiger partial charge in [-0.25, -0.2) is 9.18 Å². The summed E-state index contributed by atoms with van der Waals surface area (Å²) in [6.07, 6.45) is 3.15. The Morgan fingerprint density at radius 2 is 2.14 bits per heavy atom. The number of halogens is 1. The summed E-state index contributed by atoms with van der Waals surface area (Å²) in [5, 5.41) is 3.56. The van der Waals surface area contributed by atoms with Crippen molar-refractivity contribution < 1.29 is 4.39 Å². The summed E-state index contributed by atoms with van der Waals surface area (Å²) in [6.45, 7) is 1.24. The molecule has 1 fully saturated rings. The number of fused-ring (bicyclic) bond motifs is 1. The lowest BCUT2D eigenvalue weighted by Crippen LogP contribution is -2.46. The Hall–Kier alpha value is -1.95. The summed E-state index contributed by atoms with van der Waals surface area (Å²) >= 11 is 0. The maximum absolute atomic E-state index is 13.4. The first-order valence-electron chi connectivity index (χ1n) is 7.20. The lowest BCUT2D eigenvalue weighted by atomic mass is 10.1. The molecule has 112 valence electrons. The minimum atomic E-state index is -0.472. The molecule has 0 bridgehead atoms. The van der Waals surface area contributed by atoms with Gasteiger partial charge in [0.2, 0.25) is 0 Å². The van der Waals surface area contributed by atoms with Crippen LogP contribution in [0.15, 0.2) is 27.8 Å². The zero-order chi connectivity index (χ0) is 15.0. The van der Waals surface area contributed by atoms with Crippen LogP contribution in [0.2, 0.25) is 0 Å². The number of aromatic nitrogens is 2. The van der Waals surface area contributed by atoms with Crippen molar-refractivity contribution in [1.29, 1.82) is 0 Å². The molecule has 0 amide bonds. The highest BCUT2D eigenvalue weighted by molar-refractivity contribution is 5.77. The molecule has 1 saturated heterocycles. The molecule has 1 aromatic heterocycles. The number of hydrogen-bond acceptors (Lipinski definition) is 3. The Bertz CT molecular complexity index is 788. The van der Waals surface area contributed by atoms with Crippen molar-refractivity contribution in [3.8, 4) is 0 Å². The van der Waals surface area contributed by atoms with E-state index in [1.807, 2.05) is 0 Å². The molecule has 1 N–H and O–H groups in total. The molecule has 5 nitrogen and oxygen atoms in total. The van der Waals surface area contributed by atoms with Crippen molar-refractivity contribution in [2.75, 3.05) is 6.54 Å². The van der Waals surface area contributed by atoms with Crippen LogP contribution in [-0.4, -0.2) is 21.7 Å². The average molecular weight is 291 g/mol. The van der Waals surface area contributed by atoms with Crippen LogP contribution < -0.4 is 16.6 Å². The van der Waals surface area contributed by atoms with Gasteiger partial charge in [-0.05, 0) is 37.6 Å². The largest absolute Gasteiger partial charge is 0.331 e. The molecule has 2 heterocycles. The SMILES string of the molecule is Cn1c(=O)n(CC2CCCCN2)c(=O)c2cc(F)ccc21. The number of rotatable bonds is 2. The van der Waals surface area contributed by atoms with Gasteiger partial charge in [0.25, 0.3) is 5.56 Å². The summed E-state index contributed by atoms with van der Waals surface area (Å²) < 4.78 is 16.0. The molecule has 21 heavy (non-hydrogen) atoms. The summed E-state index contributed by atoms with van der Waals surface area (Å²) in [6, 6.07) is 4.04. The van der Waals surface area contributed by atoms with Crippen LogP contribution in [0.3, 0.4) is 0 Å². The van der Waals surface area contributed by atoms with Gasteiger partial charge in [-0.2, -0.15) is 0 Å². The molecule has 3 rings (SSSR count). The number of nitrogens with one attached hydrogen (secondary N) is 1. The number of nitrogens with zero attached hydrogens (tertiary/aromatic N) is 2. The maximum Gasteiger partial charge on any atom is 0.331 e. The lowest BCUT2D eigenvalue weighted by Gasteiger charge is -2.24. The summed E-state index contributed by atoms with van der Waals surface area (Å²) in [4.78, 5) is 24.8. The Labute approximate surface area is 121 Å². The molecule has 2 aromatic rings. The predicted molar refractivity (Wildman–Crippen MR) is 79.0 cm³/mol. The van der Waals surface area contributed by atoms with Gasteiger partial charge in [0.15, 0.2) is 0 Å². The van der Waals surface area contributed by atoms with E-state index in [4.69, 9.17) is 0 Å². The Kier molecular flexibility index (Phi) is 3.63. The van der Waals surface area contributed by atoms with Crippen molar-refractivity contribution in [3.05, 3.63) is 44.9 Å². The molecule has 0 spiro atoms.